The summed E-state index contributed by atoms with van der Waals surface area (Å²) in [5.41, 5.74) is 0. The fourth-order valence-corrected chi connectivity index (χ4v) is 4.90. The second-order valence-electron chi connectivity index (χ2n) is 12.6. The van der Waals surface area contributed by atoms with Gasteiger partial charge >= 0.3 is 11.9 Å². The molecule has 1 atom stereocenters. The van der Waals surface area contributed by atoms with Gasteiger partial charge in [0.1, 0.15) is 6.61 Å². The number of carbonyl (C=O) groups excluding carboxylic acids is 2. The van der Waals surface area contributed by atoms with Crippen molar-refractivity contribution in [1.82, 2.24) is 0 Å². The number of hydrogen-bond acceptors (Lipinski definition) is 5. The minimum atomic E-state index is -0.821. The maximum absolute atomic E-state index is 12.1. The van der Waals surface area contributed by atoms with Crippen molar-refractivity contribution in [3.05, 3.63) is 97.2 Å². The van der Waals surface area contributed by atoms with Crippen LogP contribution in [0, 0.1) is 0 Å². The van der Waals surface area contributed by atoms with E-state index in [0.717, 1.165) is 70.6 Å². The lowest BCUT2D eigenvalue weighted by atomic mass is 10.1. The van der Waals surface area contributed by atoms with Crippen LogP contribution in [0.2, 0.25) is 0 Å². The predicted octanol–water partition coefficient (Wildman–Crippen LogP) is 12.5. The molecule has 0 aliphatic rings. The van der Waals surface area contributed by atoms with Crippen molar-refractivity contribution in [2.45, 2.75) is 161 Å². The average Bonchev–Trinajstić information content (AvgIpc) is 3.12. The Morgan fingerprint density at radius 1 is 0.480 bits per heavy atom. The summed E-state index contributed by atoms with van der Waals surface area (Å²) in [5.74, 6) is -0.707. The van der Waals surface area contributed by atoms with Crippen LogP contribution >= 0.6 is 0 Å². The second-order valence-corrected chi connectivity index (χ2v) is 12.6. The third kappa shape index (κ3) is 37.6. The molecule has 0 fully saturated rings. The van der Waals surface area contributed by atoms with Crippen molar-refractivity contribution in [2.24, 2.45) is 0 Å². The Kier molecular flexibility index (Phi) is 37.7. The van der Waals surface area contributed by atoms with Crippen LogP contribution in [0.1, 0.15) is 155 Å². The summed E-state index contributed by atoms with van der Waals surface area (Å²) in [4.78, 5) is 24.2. The highest BCUT2D eigenvalue weighted by atomic mass is 16.6. The summed E-state index contributed by atoms with van der Waals surface area (Å²) >= 11 is 0. The van der Waals surface area contributed by atoms with Crippen molar-refractivity contribution < 1.29 is 24.2 Å². The average molecular weight is 693 g/mol. The van der Waals surface area contributed by atoms with Gasteiger partial charge < -0.3 is 14.6 Å². The molecule has 0 saturated heterocycles. The molecular formula is C45H72O5. The van der Waals surface area contributed by atoms with Crippen molar-refractivity contribution in [1.29, 1.82) is 0 Å². The molecule has 50 heavy (non-hydrogen) atoms. The zero-order chi connectivity index (χ0) is 36.4. The van der Waals surface area contributed by atoms with Gasteiger partial charge in [-0.25, -0.2) is 0 Å². The van der Waals surface area contributed by atoms with E-state index in [-0.39, 0.29) is 25.6 Å². The molecule has 0 bridgehead atoms. The van der Waals surface area contributed by atoms with Gasteiger partial charge in [0.15, 0.2) is 6.10 Å². The Bertz CT molecular complexity index is 1010. The zero-order valence-electron chi connectivity index (χ0n) is 31.9. The first-order valence-corrected chi connectivity index (χ1v) is 19.8. The zero-order valence-corrected chi connectivity index (χ0v) is 31.9. The van der Waals surface area contributed by atoms with E-state index in [1.54, 1.807) is 0 Å². The first-order valence-electron chi connectivity index (χ1n) is 19.8. The molecule has 0 aromatic heterocycles. The van der Waals surface area contributed by atoms with Gasteiger partial charge in [-0.05, 0) is 83.5 Å². The topological polar surface area (TPSA) is 72.8 Å². The SMILES string of the molecule is CC/C=C\C/C=C\C/C=C\C/C=C\C/C=C\C/C=C\CCC(=O)O[C@@H](CO)COC(=O)CCCCCCCCC/C=C\C/C=C\CCCCC. The Balaban J connectivity index is 3.74. The highest BCUT2D eigenvalue weighted by Gasteiger charge is 2.15. The molecule has 1 N–H and O–H groups in total. The molecule has 0 radical (unpaired) electrons. The van der Waals surface area contributed by atoms with Gasteiger partial charge in [-0.2, -0.15) is 0 Å². The molecule has 0 aliphatic heterocycles. The molecule has 0 rings (SSSR count). The van der Waals surface area contributed by atoms with E-state index in [0.29, 0.717) is 12.8 Å². The smallest absolute Gasteiger partial charge is 0.306 e. The Labute approximate surface area is 307 Å². The third-order valence-electron chi connectivity index (χ3n) is 7.88. The maximum Gasteiger partial charge on any atom is 0.306 e. The van der Waals surface area contributed by atoms with Crippen LogP contribution in [0.5, 0.6) is 0 Å². The van der Waals surface area contributed by atoms with E-state index < -0.39 is 12.1 Å². The Hall–Kier alpha value is -3.18. The van der Waals surface area contributed by atoms with Gasteiger partial charge in [-0.1, -0.05) is 156 Å². The predicted molar refractivity (Wildman–Crippen MR) is 214 cm³/mol. The van der Waals surface area contributed by atoms with E-state index in [1.807, 2.05) is 12.2 Å². The Morgan fingerprint density at radius 3 is 1.38 bits per heavy atom. The molecule has 282 valence electrons. The number of esters is 2. The molecule has 0 aromatic rings. The van der Waals surface area contributed by atoms with Gasteiger partial charge in [0.2, 0.25) is 0 Å². The van der Waals surface area contributed by atoms with Crippen LogP contribution < -0.4 is 0 Å². The van der Waals surface area contributed by atoms with Crippen molar-refractivity contribution in [3.8, 4) is 0 Å². The van der Waals surface area contributed by atoms with Crippen molar-refractivity contribution in [2.75, 3.05) is 13.2 Å². The summed E-state index contributed by atoms with van der Waals surface area (Å²) in [6.45, 7) is 3.91. The molecule has 0 aromatic carbocycles. The fourth-order valence-electron chi connectivity index (χ4n) is 4.90. The molecule has 5 nitrogen and oxygen atoms in total. The minimum absolute atomic E-state index is 0.106. The molecule has 0 aliphatic carbocycles. The number of aliphatic hydroxyl groups is 1. The standard InChI is InChI=1S/C45H72O5/c1-3-5-7-9-11-13-15-17-19-21-22-24-26-28-30-32-34-36-38-40-45(48)50-43(41-46)42-49-44(47)39-37-35-33-31-29-27-25-23-20-18-16-14-12-10-8-6-4-2/h5,7,11-14,17-20,22,24,28,30,34,36,43,46H,3-4,6,8-10,15-16,21,23,25-27,29,31-33,35,37-42H2,1-2H3/b7-5-,13-11-,14-12-,19-17-,20-18-,24-22-,30-28-,36-34-/t43-/m0/s1. The van der Waals surface area contributed by atoms with E-state index in [2.05, 4.69) is 98.9 Å². The largest absolute Gasteiger partial charge is 0.462 e. The van der Waals surface area contributed by atoms with Gasteiger partial charge in [-0.3, -0.25) is 9.59 Å². The quantitative estimate of drug-likeness (QED) is 0.0413. The number of unbranched alkanes of at least 4 members (excludes halogenated alkanes) is 10. The number of hydrogen-bond donors (Lipinski definition) is 1. The van der Waals surface area contributed by atoms with Crippen LogP contribution in [0.4, 0.5) is 0 Å². The number of aliphatic hydroxyl groups excluding tert-OH is 1. The lowest BCUT2D eigenvalue weighted by Gasteiger charge is -2.15. The van der Waals surface area contributed by atoms with E-state index in [9.17, 15) is 14.7 Å². The normalized spacial score (nSPS) is 13.3. The van der Waals surface area contributed by atoms with Crippen LogP contribution in [0.15, 0.2) is 97.2 Å². The van der Waals surface area contributed by atoms with Crippen molar-refractivity contribution in [3.63, 3.8) is 0 Å². The molecule has 5 heteroatoms. The van der Waals surface area contributed by atoms with E-state index in [4.69, 9.17) is 9.47 Å². The van der Waals surface area contributed by atoms with Gasteiger partial charge in [0.25, 0.3) is 0 Å². The first-order chi connectivity index (χ1) is 24.6. The summed E-state index contributed by atoms with van der Waals surface area (Å²) in [6, 6.07) is 0. The van der Waals surface area contributed by atoms with Crippen LogP contribution in [0.3, 0.4) is 0 Å². The summed E-state index contributed by atoms with van der Waals surface area (Å²) in [7, 11) is 0. The van der Waals surface area contributed by atoms with Gasteiger partial charge in [-0.15, -0.1) is 0 Å². The molecule has 0 saturated carbocycles. The monoisotopic (exact) mass is 693 g/mol. The summed E-state index contributed by atoms with van der Waals surface area (Å²) in [5, 5.41) is 9.55. The van der Waals surface area contributed by atoms with E-state index >= 15 is 0 Å². The number of ether oxygens (including phenoxy) is 2. The maximum atomic E-state index is 12.1. The van der Waals surface area contributed by atoms with E-state index in [1.165, 1.54) is 51.4 Å². The van der Waals surface area contributed by atoms with Gasteiger partial charge in [0, 0.05) is 12.8 Å². The number of allylic oxidation sites excluding steroid dienone is 16. The number of carbonyl (C=O) groups is 2. The van der Waals surface area contributed by atoms with Crippen LogP contribution in [-0.4, -0.2) is 36.4 Å². The number of rotatable bonds is 34. The van der Waals surface area contributed by atoms with Crippen molar-refractivity contribution >= 4 is 11.9 Å². The molecular weight excluding hydrogens is 620 g/mol. The summed E-state index contributed by atoms with van der Waals surface area (Å²) < 4.78 is 10.5. The van der Waals surface area contributed by atoms with Crippen LogP contribution in [0.25, 0.3) is 0 Å². The lowest BCUT2D eigenvalue weighted by molar-refractivity contribution is -0.161. The molecule has 0 unspecified atom stereocenters. The summed E-state index contributed by atoms with van der Waals surface area (Å²) in [6.07, 6.45) is 56.2. The Morgan fingerprint density at radius 2 is 0.900 bits per heavy atom. The third-order valence-corrected chi connectivity index (χ3v) is 7.88. The highest BCUT2D eigenvalue weighted by Crippen LogP contribution is 2.11. The molecule has 0 amide bonds. The van der Waals surface area contributed by atoms with Gasteiger partial charge in [0.05, 0.1) is 6.61 Å². The minimum Gasteiger partial charge on any atom is -0.462 e. The highest BCUT2D eigenvalue weighted by molar-refractivity contribution is 5.70. The lowest BCUT2D eigenvalue weighted by Crippen LogP contribution is -2.28. The first kappa shape index (κ1) is 46.8. The fraction of sp³-hybridized carbons (Fsp3) is 0.600. The molecule has 0 spiro atoms. The molecule has 0 heterocycles. The second kappa shape index (κ2) is 40.3. The van der Waals surface area contributed by atoms with Crippen LogP contribution in [-0.2, 0) is 19.1 Å².